The van der Waals surface area contributed by atoms with Gasteiger partial charge in [0, 0.05) is 0 Å². The van der Waals surface area contributed by atoms with Gasteiger partial charge in [0.05, 0.1) is 0 Å². The molecule has 5 aromatic rings. The summed E-state index contributed by atoms with van der Waals surface area (Å²) >= 11 is 0. The standard InChI is InChI=1S/C38H38/c1-3-5-7-29-9-13-31(14-10-29)17-19-33-21-25-37-35(27-33)23-24-36-28-34(22-26-38(36)37)20-18-32-15-11-30(12-16-32)8-6-4-2/h9-28H,3-8H2,1-2H3. The van der Waals surface area contributed by atoms with Crippen molar-refractivity contribution in [1.29, 1.82) is 0 Å². The maximum absolute atomic E-state index is 2.29. The predicted molar refractivity (Wildman–Crippen MR) is 169 cm³/mol. The van der Waals surface area contributed by atoms with E-state index in [2.05, 4.69) is 135 Å². The molecule has 0 aliphatic rings. The van der Waals surface area contributed by atoms with Gasteiger partial charge in [0.25, 0.3) is 0 Å². The molecule has 38 heavy (non-hydrogen) atoms. The van der Waals surface area contributed by atoms with Crippen molar-refractivity contribution in [3.63, 3.8) is 0 Å². The van der Waals surface area contributed by atoms with Crippen molar-refractivity contribution in [2.24, 2.45) is 0 Å². The van der Waals surface area contributed by atoms with Gasteiger partial charge in [0.15, 0.2) is 0 Å². The molecule has 0 saturated carbocycles. The highest BCUT2D eigenvalue weighted by Gasteiger charge is 2.02. The summed E-state index contributed by atoms with van der Waals surface area (Å²) in [4.78, 5) is 0. The Balaban J connectivity index is 1.30. The van der Waals surface area contributed by atoms with Gasteiger partial charge in [-0.15, -0.1) is 0 Å². The van der Waals surface area contributed by atoms with Gasteiger partial charge in [-0.2, -0.15) is 0 Å². The van der Waals surface area contributed by atoms with Crippen LogP contribution < -0.4 is 0 Å². The molecule has 190 valence electrons. The van der Waals surface area contributed by atoms with Crippen molar-refractivity contribution in [3.05, 3.63) is 130 Å². The molecular formula is C38H38. The fraction of sp³-hybridized carbons (Fsp3) is 0.211. The first kappa shape index (κ1) is 25.7. The summed E-state index contributed by atoms with van der Waals surface area (Å²) in [6.07, 6.45) is 16.2. The third kappa shape index (κ3) is 6.50. The Bertz CT molecular complexity index is 1430. The van der Waals surface area contributed by atoms with Crippen LogP contribution in [0, 0.1) is 0 Å². The molecule has 0 amide bonds. The molecule has 5 aromatic carbocycles. The lowest BCUT2D eigenvalue weighted by Gasteiger charge is -2.07. The smallest absolute Gasteiger partial charge is 0.0105 e. The van der Waals surface area contributed by atoms with Crippen molar-refractivity contribution < 1.29 is 0 Å². The topological polar surface area (TPSA) is 0 Å². The van der Waals surface area contributed by atoms with Crippen molar-refractivity contribution in [3.8, 4) is 0 Å². The Morgan fingerprint density at radius 3 is 1.18 bits per heavy atom. The van der Waals surface area contributed by atoms with Crippen LogP contribution >= 0.6 is 0 Å². The second-order valence-corrected chi connectivity index (χ2v) is 10.4. The minimum Gasteiger partial charge on any atom is -0.0654 e. The minimum atomic E-state index is 1.17. The maximum atomic E-state index is 2.29. The lowest BCUT2D eigenvalue weighted by atomic mass is 9.98. The number of fused-ring (bicyclic) bond motifs is 3. The molecule has 0 bridgehead atoms. The summed E-state index contributed by atoms with van der Waals surface area (Å²) in [6.45, 7) is 4.49. The van der Waals surface area contributed by atoms with Gasteiger partial charge in [0.1, 0.15) is 0 Å². The molecule has 0 atom stereocenters. The number of rotatable bonds is 10. The number of aryl methyl sites for hydroxylation is 2. The Kier molecular flexibility index (Phi) is 8.51. The molecule has 0 aliphatic heterocycles. The van der Waals surface area contributed by atoms with Crippen LogP contribution in [0.15, 0.2) is 97.1 Å². The molecule has 0 heterocycles. The molecule has 0 radical (unpaired) electrons. The van der Waals surface area contributed by atoms with E-state index in [1.54, 1.807) is 0 Å². The van der Waals surface area contributed by atoms with Crippen molar-refractivity contribution in [2.75, 3.05) is 0 Å². The summed E-state index contributed by atoms with van der Waals surface area (Å²) < 4.78 is 0. The van der Waals surface area contributed by atoms with Crippen LogP contribution in [0.2, 0.25) is 0 Å². The van der Waals surface area contributed by atoms with Crippen molar-refractivity contribution in [1.82, 2.24) is 0 Å². The zero-order chi connectivity index (χ0) is 26.2. The van der Waals surface area contributed by atoms with E-state index >= 15 is 0 Å². The lowest BCUT2D eigenvalue weighted by molar-refractivity contribution is 0.795. The molecule has 0 unspecified atom stereocenters. The Morgan fingerprint density at radius 2 is 0.789 bits per heavy atom. The third-order valence-corrected chi connectivity index (χ3v) is 7.42. The average Bonchev–Trinajstić information content (AvgIpc) is 2.97. The van der Waals surface area contributed by atoms with Crippen LogP contribution in [-0.2, 0) is 12.8 Å². The summed E-state index contributed by atoms with van der Waals surface area (Å²) in [5.41, 5.74) is 7.81. The SMILES string of the molecule is CCCCc1ccc(C=Cc2ccc3c(ccc4cc(C=Cc5ccc(CCCC)cc5)ccc43)c2)cc1. The normalized spacial score (nSPS) is 11.8. The molecule has 0 nitrogen and oxygen atoms in total. The third-order valence-electron chi connectivity index (χ3n) is 7.42. The van der Waals surface area contributed by atoms with Gasteiger partial charge in [-0.05, 0) is 92.7 Å². The summed E-state index contributed by atoms with van der Waals surface area (Å²) in [7, 11) is 0. The van der Waals surface area contributed by atoms with E-state index in [9.17, 15) is 0 Å². The van der Waals surface area contributed by atoms with Crippen LogP contribution in [0.1, 0.15) is 72.9 Å². The molecule has 0 heteroatoms. The van der Waals surface area contributed by atoms with Gasteiger partial charge in [-0.1, -0.05) is 136 Å². The zero-order valence-corrected chi connectivity index (χ0v) is 22.8. The number of benzene rings is 5. The van der Waals surface area contributed by atoms with E-state index in [-0.39, 0.29) is 0 Å². The lowest BCUT2D eigenvalue weighted by Crippen LogP contribution is -1.84. The van der Waals surface area contributed by atoms with Crippen molar-refractivity contribution in [2.45, 2.75) is 52.4 Å². The first-order chi connectivity index (χ1) is 18.7. The van der Waals surface area contributed by atoms with E-state index in [1.165, 1.54) is 93.5 Å². The van der Waals surface area contributed by atoms with Crippen LogP contribution in [0.5, 0.6) is 0 Å². The van der Waals surface area contributed by atoms with E-state index in [4.69, 9.17) is 0 Å². The number of unbranched alkanes of at least 4 members (excludes halogenated alkanes) is 2. The van der Waals surface area contributed by atoms with Gasteiger partial charge >= 0.3 is 0 Å². The van der Waals surface area contributed by atoms with Gasteiger partial charge in [0.2, 0.25) is 0 Å². The van der Waals surface area contributed by atoms with Gasteiger partial charge in [-0.3, -0.25) is 0 Å². The highest BCUT2D eigenvalue weighted by Crippen LogP contribution is 2.28. The summed E-state index contributed by atoms with van der Waals surface area (Å²) in [6, 6.07) is 36.0. The summed E-state index contributed by atoms with van der Waals surface area (Å²) in [5.74, 6) is 0. The van der Waals surface area contributed by atoms with Crippen LogP contribution in [0.4, 0.5) is 0 Å². The Labute approximate surface area is 228 Å². The first-order valence-corrected chi connectivity index (χ1v) is 14.2. The quantitative estimate of drug-likeness (QED) is 0.134. The largest absolute Gasteiger partial charge is 0.0654 e. The van der Waals surface area contributed by atoms with Crippen LogP contribution in [0.25, 0.3) is 45.8 Å². The molecule has 0 aliphatic carbocycles. The number of hydrogen-bond donors (Lipinski definition) is 0. The van der Waals surface area contributed by atoms with Crippen LogP contribution in [0.3, 0.4) is 0 Å². The molecule has 0 N–H and O–H groups in total. The monoisotopic (exact) mass is 494 g/mol. The van der Waals surface area contributed by atoms with E-state index in [0.29, 0.717) is 0 Å². The minimum absolute atomic E-state index is 1.17. The van der Waals surface area contributed by atoms with Crippen LogP contribution in [-0.4, -0.2) is 0 Å². The van der Waals surface area contributed by atoms with E-state index < -0.39 is 0 Å². The highest BCUT2D eigenvalue weighted by molar-refractivity contribution is 6.08. The predicted octanol–water partition coefficient (Wildman–Crippen LogP) is 11.0. The second kappa shape index (κ2) is 12.6. The molecule has 0 saturated heterocycles. The average molecular weight is 495 g/mol. The Morgan fingerprint density at radius 1 is 0.421 bits per heavy atom. The van der Waals surface area contributed by atoms with E-state index in [1.807, 2.05) is 0 Å². The molecule has 0 fully saturated rings. The van der Waals surface area contributed by atoms with E-state index in [0.717, 1.165) is 0 Å². The fourth-order valence-corrected chi connectivity index (χ4v) is 5.05. The molecule has 0 spiro atoms. The summed E-state index contributed by atoms with van der Waals surface area (Å²) in [5, 5.41) is 5.17. The zero-order valence-electron chi connectivity index (χ0n) is 22.8. The second-order valence-electron chi connectivity index (χ2n) is 10.4. The van der Waals surface area contributed by atoms with Crippen molar-refractivity contribution >= 4 is 45.8 Å². The molecule has 5 rings (SSSR count). The fourth-order valence-electron chi connectivity index (χ4n) is 5.05. The molecule has 0 aromatic heterocycles. The van der Waals surface area contributed by atoms with Gasteiger partial charge < -0.3 is 0 Å². The first-order valence-electron chi connectivity index (χ1n) is 14.2. The van der Waals surface area contributed by atoms with Gasteiger partial charge in [-0.25, -0.2) is 0 Å². The maximum Gasteiger partial charge on any atom is -0.0105 e. The molecular weight excluding hydrogens is 456 g/mol. The Hall–Kier alpha value is -3.90. The number of hydrogen-bond acceptors (Lipinski definition) is 0. The highest BCUT2D eigenvalue weighted by atomic mass is 14.1.